The zero-order valence-electron chi connectivity index (χ0n) is 9.63. The summed E-state index contributed by atoms with van der Waals surface area (Å²) >= 11 is 0. The van der Waals surface area contributed by atoms with E-state index < -0.39 is 5.91 Å². The zero-order valence-corrected chi connectivity index (χ0v) is 9.63. The first-order chi connectivity index (χ1) is 6.91. The van der Waals surface area contributed by atoms with E-state index in [-0.39, 0.29) is 6.10 Å². The average molecular weight is 207 g/mol. The summed E-state index contributed by atoms with van der Waals surface area (Å²) in [5.74, 6) is 0.437. The molecular weight excluding hydrogens is 190 g/mol. The largest absolute Gasteiger partial charge is 0.490 e. The van der Waals surface area contributed by atoms with Gasteiger partial charge in [0.15, 0.2) is 0 Å². The molecule has 0 bridgehead atoms. The molecule has 0 aromatic heterocycles. The molecule has 3 nitrogen and oxygen atoms in total. The molecule has 0 spiro atoms. The van der Waals surface area contributed by atoms with E-state index in [2.05, 4.69) is 0 Å². The van der Waals surface area contributed by atoms with Crippen molar-refractivity contribution in [2.45, 2.75) is 33.8 Å². The maximum Gasteiger partial charge on any atom is 0.248 e. The van der Waals surface area contributed by atoms with E-state index in [1.54, 1.807) is 12.1 Å². The first-order valence-corrected chi connectivity index (χ1v) is 4.99. The van der Waals surface area contributed by atoms with E-state index in [4.69, 9.17) is 10.5 Å². The molecule has 15 heavy (non-hydrogen) atoms. The monoisotopic (exact) mass is 207 g/mol. The van der Waals surface area contributed by atoms with Crippen LogP contribution in [0.25, 0.3) is 0 Å². The highest BCUT2D eigenvalue weighted by molar-refractivity contribution is 5.93. The average Bonchev–Trinajstić information content (AvgIpc) is 2.10. The molecule has 3 heteroatoms. The number of carbonyl (C=O) groups excluding carboxylic acids is 1. The van der Waals surface area contributed by atoms with E-state index in [1.807, 2.05) is 27.7 Å². The molecule has 0 saturated carbocycles. The van der Waals surface area contributed by atoms with Gasteiger partial charge in [0.25, 0.3) is 0 Å². The second-order valence-corrected chi connectivity index (χ2v) is 3.97. The van der Waals surface area contributed by atoms with Crippen LogP contribution < -0.4 is 10.5 Å². The van der Waals surface area contributed by atoms with Crippen molar-refractivity contribution in [3.05, 3.63) is 28.8 Å². The maximum absolute atomic E-state index is 11.0. The van der Waals surface area contributed by atoms with E-state index >= 15 is 0 Å². The minimum absolute atomic E-state index is 0.127. The molecule has 1 amide bonds. The Morgan fingerprint density at radius 1 is 1.27 bits per heavy atom. The Balaban J connectivity index is 3.15. The van der Waals surface area contributed by atoms with Crippen molar-refractivity contribution in [3.8, 4) is 5.75 Å². The first-order valence-electron chi connectivity index (χ1n) is 4.99. The van der Waals surface area contributed by atoms with Gasteiger partial charge in [-0.2, -0.15) is 0 Å². The molecule has 0 heterocycles. The summed E-state index contributed by atoms with van der Waals surface area (Å²) in [6, 6.07) is 3.51. The second-order valence-electron chi connectivity index (χ2n) is 3.97. The third-order valence-electron chi connectivity index (χ3n) is 2.10. The van der Waals surface area contributed by atoms with E-state index in [1.165, 1.54) is 0 Å². The van der Waals surface area contributed by atoms with Crippen molar-refractivity contribution in [1.29, 1.82) is 0 Å². The highest BCUT2D eigenvalue weighted by Gasteiger charge is 2.10. The lowest BCUT2D eigenvalue weighted by atomic mass is 10.1. The van der Waals surface area contributed by atoms with Crippen molar-refractivity contribution in [2.24, 2.45) is 5.73 Å². The summed E-state index contributed by atoms with van der Waals surface area (Å²) in [5.41, 5.74) is 7.64. The molecule has 0 radical (unpaired) electrons. The number of aryl methyl sites for hydroxylation is 2. The number of benzene rings is 1. The van der Waals surface area contributed by atoms with Gasteiger partial charge in [0.2, 0.25) is 5.91 Å². The number of carbonyl (C=O) groups is 1. The summed E-state index contributed by atoms with van der Waals surface area (Å²) in [5, 5.41) is 0. The molecule has 1 rings (SSSR count). The Labute approximate surface area is 90.2 Å². The van der Waals surface area contributed by atoms with E-state index in [0.717, 1.165) is 16.9 Å². The number of amides is 1. The van der Waals surface area contributed by atoms with Crippen molar-refractivity contribution in [1.82, 2.24) is 0 Å². The summed E-state index contributed by atoms with van der Waals surface area (Å²) in [6.45, 7) is 7.77. The van der Waals surface area contributed by atoms with E-state index in [0.29, 0.717) is 5.56 Å². The quantitative estimate of drug-likeness (QED) is 0.826. The fourth-order valence-corrected chi connectivity index (χ4v) is 1.51. The van der Waals surface area contributed by atoms with Gasteiger partial charge < -0.3 is 10.5 Å². The van der Waals surface area contributed by atoms with Crippen LogP contribution in [0.2, 0.25) is 0 Å². The topological polar surface area (TPSA) is 52.3 Å². The van der Waals surface area contributed by atoms with Gasteiger partial charge in [-0.1, -0.05) is 0 Å². The summed E-state index contributed by atoms with van der Waals surface area (Å²) in [4.78, 5) is 11.0. The maximum atomic E-state index is 11.0. The fourth-order valence-electron chi connectivity index (χ4n) is 1.51. The molecule has 0 saturated heterocycles. The van der Waals surface area contributed by atoms with Gasteiger partial charge in [-0.15, -0.1) is 0 Å². The molecule has 0 aliphatic carbocycles. The van der Waals surface area contributed by atoms with Crippen LogP contribution in [0.5, 0.6) is 5.75 Å². The minimum Gasteiger partial charge on any atom is -0.490 e. The van der Waals surface area contributed by atoms with Crippen LogP contribution in [0.3, 0.4) is 0 Å². The summed E-state index contributed by atoms with van der Waals surface area (Å²) in [7, 11) is 0. The van der Waals surface area contributed by atoms with Gasteiger partial charge in [0.05, 0.1) is 6.10 Å². The van der Waals surface area contributed by atoms with E-state index in [9.17, 15) is 4.79 Å². The molecule has 2 N–H and O–H groups in total. The predicted molar refractivity (Wildman–Crippen MR) is 60.2 cm³/mol. The number of ether oxygens (including phenoxy) is 1. The molecule has 82 valence electrons. The normalized spacial score (nSPS) is 10.5. The number of hydrogen-bond acceptors (Lipinski definition) is 2. The number of rotatable bonds is 3. The lowest BCUT2D eigenvalue weighted by molar-refractivity contribution is 0.1000. The third-order valence-corrected chi connectivity index (χ3v) is 2.10. The predicted octanol–water partition coefficient (Wildman–Crippen LogP) is 2.19. The molecule has 0 fully saturated rings. The summed E-state index contributed by atoms with van der Waals surface area (Å²) < 4.78 is 5.66. The van der Waals surface area contributed by atoms with Gasteiger partial charge in [0, 0.05) is 5.56 Å². The van der Waals surface area contributed by atoms with Crippen LogP contribution in [0.15, 0.2) is 12.1 Å². The lowest BCUT2D eigenvalue weighted by Crippen LogP contribution is -2.13. The number of nitrogens with two attached hydrogens (primary N) is 1. The molecule has 1 aromatic rings. The second kappa shape index (κ2) is 4.34. The number of hydrogen-bond donors (Lipinski definition) is 1. The standard InChI is InChI=1S/C12H17NO2/c1-7(2)15-11-8(3)5-10(12(13)14)6-9(11)4/h5-7H,1-4H3,(H2,13,14). The van der Waals surface area contributed by atoms with Gasteiger partial charge in [-0.25, -0.2) is 0 Å². The van der Waals surface area contributed by atoms with Crippen LogP contribution in [0.4, 0.5) is 0 Å². The van der Waals surface area contributed by atoms with Crippen LogP contribution in [0.1, 0.15) is 35.3 Å². The molecule has 0 aliphatic rings. The third kappa shape index (κ3) is 2.72. The van der Waals surface area contributed by atoms with Gasteiger partial charge in [0.1, 0.15) is 5.75 Å². The fraction of sp³-hybridized carbons (Fsp3) is 0.417. The molecule has 0 unspecified atom stereocenters. The van der Waals surface area contributed by atoms with Crippen molar-refractivity contribution < 1.29 is 9.53 Å². The van der Waals surface area contributed by atoms with Crippen LogP contribution >= 0.6 is 0 Å². The lowest BCUT2D eigenvalue weighted by Gasteiger charge is -2.15. The zero-order chi connectivity index (χ0) is 11.6. The Bertz CT molecular complexity index is 360. The Kier molecular flexibility index (Phi) is 3.35. The SMILES string of the molecule is Cc1cc(C(N)=O)cc(C)c1OC(C)C. The molecule has 1 aromatic carbocycles. The Morgan fingerprint density at radius 2 is 1.73 bits per heavy atom. The van der Waals surface area contributed by atoms with Crippen LogP contribution in [-0.2, 0) is 0 Å². The Hall–Kier alpha value is -1.51. The highest BCUT2D eigenvalue weighted by Crippen LogP contribution is 2.25. The first kappa shape index (κ1) is 11.6. The van der Waals surface area contributed by atoms with Crippen molar-refractivity contribution >= 4 is 5.91 Å². The number of primary amides is 1. The van der Waals surface area contributed by atoms with Gasteiger partial charge in [-0.3, -0.25) is 4.79 Å². The van der Waals surface area contributed by atoms with Gasteiger partial charge in [-0.05, 0) is 51.0 Å². The molecular formula is C12H17NO2. The van der Waals surface area contributed by atoms with Crippen molar-refractivity contribution in [3.63, 3.8) is 0 Å². The van der Waals surface area contributed by atoms with Gasteiger partial charge >= 0.3 is 0 Å². The summed E-state index contributed by atoms with van der Waals surface area (Å²) in [6.07, 6.45) is 0.127. The van der Waals surface area contributed by atoms with Crippen molar-refractivity contribution in [2.75, 3.05) is 0 Å². The Morgan fingerprint density at radius 3 is 2.07 bits per heavy atom. The molecule has 0 atom stereocenters. The smallest absolute Gasteiger partial charge is 0.248 e. The van der Waals surface area contributed by atoms with Crippen LogP contribution in [-0.4, -0.2) is 12.0 Å². The molecule has 0 aliphatic heterocycles. The highest BCUT2D eigenvalue weighted by atomic mass is 16.5. The van der Waals surface area contributed by atoms with Crippen LogP contribution in [0, 0.1) is 13.8 Å². The minimum atomic E-state index is -0.405.